The van der Waals surface area contributed by atoms with Crippen molar-refractivity contribution in [1.82, 2.24) is 14.8 Å². The molecule has 0 N–H and O–H groups in total. The largest absolute Gasteiger partial charge is 0.302 e. The van der Waals surface area contributed by atoms with E-state index in [2.05, 4.69) is 42.5 Å². The quantitative estimate of drug-likeness (QED) is 0.427. The maximum absolute atomic E-state index is 12.5. The predicted octanol–water partition coefficient (Wildman–Crippen LogP) is 5.30. The maximum Gasteiger partial charge on any atom is 0.191 e. The average molecular weight is 386 g/mol. The topological polar surface area (TPSA) is 47.8 Å². The van der Waals surface area contributed by atoms with E-state index in [0.717, 1.165) is 28.0 Å². The standard InChI is InChI=1S/C20H23N3OS2/c1-5-23-18(17-7-6-12-25-17)21-22-19(23)26-13-16(24)14-8-10-15(11-9-14)20(2,3)4/h6-12H,5,13H2,1-4H3. The lowest BCUT2D eigenvalue weighted by Crippen LogP contribution is -2.11. The van der Waals surface area contributed by atoms with E-state index in [1.54, 1.807) is 11.3 Å². The van der Waals surface area contributed by atoms with Crippen molar-refractivity contribution in [3.63, 3.8) is 0 Å². The molecule has 0 saturated heterocycles. The summed E-state index contributed by atoms with van der Waals surface area (Å²) in [6, 6.07) is 12.0. The number of aromatic nitrogens is 3. The van der Waals surface area contributed by atoms with Gasteiger partial charge in [-0.3, -0.25) is 4.79 Å². The Morgan fingerprint density at radius 3 is 2.46 bits per heavy atom. The van der Waals surface area contributed by atoms with Crippen LogP contribution in [0.3, 0.4) is 0 Å². The van der Waals surface area contributed by atoms with E-state index >= 15 is 0 Å². The highest BCUT2D eigenvalue weighted by Gasteiger charge is 2.17. The van der Waals surface area contributed by atoms with Gasteiger partial charge in [-0.1, -0.05) is 62.9 Å². The van der Waals surface area contributed by atoms with E-state index in [1.165, 1.54) is 17.3 Å². The molecular weight excluding hydrogens is 362 g/mol. The smallest absolute Gasteiger partial charge is 0.191 e. The number of Topliss-reactive ketones (excluding diaryl/α,β-unsaturated/α-hetero) is 1. The molecule has 0 unspecified atom stereocenters. The van der Waals surface area contributed by atoms with Crippen molar-refractivity contribution in [1.29, 1.82) is 0 Å². The number of rotatable bonds is 6. The van der Waals surface area contributed by atoms with Gasteiger partial charge in [0.15, 0.2) is 16.8 Å². The minimum atomic E-state index is 0.0894. The van der Waals surface area contributed by atoms with E-state index in [0.29, 0.717) is 5.75 Å². The summed E-state index contributed by atoms with van der Waals surface area (Å²) >= 11 is 3.09. The highest BCUT2D eigenvalue weighted by atomic mass is 32.2. The second-order valence-corrected chi connectivity index (χ2v) is 8.96. The zero-order valence-corrected chi connectivity index (χ0v) is 17.2. The number of thiophene rings is 1. The predicted molar refractivity (Wildman–Crippen MR) is 109 cm³/mol. The lowest BCUT2D eigenvalue weighted by molar-refractivity contribution is 0.102. The number of hydrogen-bond acceptors (Lipinski definition) is 5. The van der Waals surface area contributed by atoms with E-state index in [4.69, 9.17) is 0 Å². The summed E-state index contributed by atoms with van der Waals surface area (Å²) < 4.78 is 2.06. The van der Waals surface area contributed by atoms with Crippen molar-refractivity contribution < 1.29 is 4.79 Å². The molecule has 2 aromatic heterocycles. The van der Waals surface area contributed by atoms with Gasteiger partial charge < -0.3 is 4.57 Å². The van der Waals surface area contributed by atoms with Gasteiger partial charge in [0.2, 0.25) is 0 Å². The van der Waals surface area contributed by atoms with Gasteiger partial charge in [0.25, 0.3) is 0 Å². The molecule has 3 aromatic rings. The Bertz CT molecular complexity index is 875. The van der Waals surface area contributed by atoms with Crippen LogP contribution in [-0.4, -0.2) is 26.3 Å². The molecule has 0 aliphatic heterocycles. The molecule has 0 fully saturated rings. The second kappa shape index (κ2) is 7.76. The van der Waals surface area contributed by atoms with Gasteiger partial charge in [-0.25, -0.2) is 0 Å². The van der Waals surface area contributed by atoms with Crippen LogP contribution < -0.4 is 0 Å². The lowest BCUT2D eigenvalue weighted by atomic mass is 9.86. The third-order valence-corrected chi connectivity index (χ3v) is 6.01. The fraction of sp³-hybridized carbons (Fsp3) is 0.350. The van der Waals surface area contributed by atoms with Crippen molar-refractivity contribution in [3.05, 3.63) is 52.9 Å². The van der Waals surface area contributed by atoms with Crippen LogP contribution in [0.15, 0.2) is 46.9 Å². The molecule has 4 nitrogen and oxygen atoms in total. The highest BCUT2D eigenvalue weighted by molar-refractivity contribution is 7.99. The van der Waals surface area contributed by atoms with Gasteiger partial charge in [0.1, 0.15) is 0 Å². The number of benzene rings is 1. The summed E-state index contributed by atoms with van der Waals surface area (Å²) in [6.07, 6.45) is 0. The number of nitrogens with zero attached hydrogens (tertiary/aromatic N) is 3. The molecular formula is C20H23N3OS2. The summed E-state index contributed by atoms with van der Waals surface area (Å²) in [5.41, 5.74) is 2.06. The van der Waals surface area contributed by atoms with E-state index < -0.39 is 0 Å². The van der Waals surface area contributed by atoms with E-state index in [-0.39, 0.29) is 11.2 Å². The normalized spacial score (nSPS) is 11.7. The zero-order chi connectivity index (χ0) is 18.7. The van der Waals surface area contributed by atoms with Crippen molar-refractivity contribution in [3.8, 4) is 10.7 Å². The van der Waals surface area contributed by atoms with E-state index in [9.17, 15) is 4.79 Å². The molecule has 0 spiro atoms. The van der Waals surface area contributed by atoms with Crippen LogP contribution in [0, 0.1) is 0 Å². The van der Waals surface area contributed by atoms with Crippen molar-refractivity contribution >= 4 is 28.9 Å². The summed E-state index contributed by atoms with van der Waals surface area (Å²) in [7, 11) is 0. The maximum atomic E-state index is 12.5. The number of hydrogen-bond donors (Lipinski definition) is 0. The molecule has 0 amide bonds. The third kappa shape index (κ3) is 4.07. The van der Waals surface area contributed by atoms with Gasteiger partial charge in [-0.05, 0) is 29.3 Å². The summed E-state index contributed by atoms with van der Waals surface area (Å²) in [5, 5.41) is 11.4. The first-order chi connectivity index (χ1) is 12.4. The van der Waals surface area contributed by atoms with Crippen molar-refractivity contribution in [2.45, 2.75) is 44.8 Å². The SMILES string of the molecule is CCn1c(SCC(=O)c2ccc(C(C)(C)C)cc2)nnc1-c1cccs1. The molecule has 1 aromatic carbocycles. The van der Waals surface area contributed by atoms with Gasteiger partial charge >= 0.3 is 0 Å². The number of carbonyl (C=O) groups is 1. The lowest BCUT2D eigenvalue weighted by Gasteiger charge is -2.18. The Morgan fingerprint density at radius 2 is 1.88 bits per heavy atom. The third-order valence-electron chi connectivity index (χ3n) is 4.18. The molecule has 0 radical (unpaired) electrons. The summed E-state index contributed by atoms with van der Waals surface area (Å²) in [4.78, 5) is 13.6. The Balaban J connectivity index is 1.70. The van der Waals surface area contributed by atoms with Crippen LogP contribution in [-0.2, 0) is 12.0 Å². The van der Waals surface area contributed by atoms with Gasteiger partial charge in [-0.15, -0.1) is 21.5 Å². The molecule has 0 aliphatic rings. The molecule has 136 valence electrons. The molecule has 26 heavy (non-hydrogen) atoms. The first kappa shape index (κ1) is 18.9. The Labute approximate surface area is 162 Å². The molecule has 0 saturated carbocycles. The molecule has 0 bridgehead atoms. The Hall–Kier alpha value is -1.92. The number of ketones is 1. The Kier molecular flexibility index (Phi) is 5.63. The van der Waals surface area contributed by atoms with E-state index in [1.807, 2.05) is 41.8 Å². The fourth-order valence-electron chi connectivity index (χ4n) is 2.64. The van der Waals surface area contributed by atoms with Gasteiger partial charge in [0.05, 0.1) is 10.6 Å². The Morgan fingerprint density at radius 1 is 1.15 bits per heavy atom. The van der Waals surface area contributed by atoms with Crippen LogP contribution in [0.5, 0.6) is 0 Å². The van der Waals surface area contributed by atoms with Crippen LogP contribution in [0.1, 0.15) is 43.6 Å². The van der Waals surface area contributed by atoms with Crippen molar-refractivity contribution in [2.24, 2.45) is 0 Å². The van der Waals surface area contributed by atoms with Gasteiger partial charge in [-0.2, -0.15) is 0 Å². The molecule has 0 aliphatic carbocycles. The number of thioether (sulfide) groups is 1. The van der Waals surface area contributed by atoms with Crippen LogP contribution in [0.25, 0.3) is 10.7 Å². The number of carbonyl (C=O) groups excluding carboxylic acids is 1. The first-order valence-electron chi connectivity index (χ1n) is 8.63. The summed E-state index contributed by atoms with van der Waals surface area (Å²) in [6.45, 7) is 9.35. The summed E-state index contributed by atoms with van der Waals surface area (Å²) in [5.74, 6) is 1.34. The monoisotopic (exact) mass is 385 g/mol. The van der Waals surface area contributed by atoms with Crippen LogP contribution in [0.2, 0.25) is 0 Å². The minimum absolute atomic E-state index is 0.0894. The average Bonchev–Trinajstić information content (AvgIpc) is 3.27. The molecule has 0 atom stereocenters. The molecule has 3 rings (SSSR count). The second-order valence-electron chi connectivity index (χ2n) is 7.07. The fourth-order valence-corrected chi connectivity index (χ4v) is 4.25. The van der Waals surface area contributed by atoms with Crippen molar-refractivity contribution in [2.75, 3.05) is 5.75 Å². The molecule has 6 heteroatoms. The van der Waals surface area contributed by atoms with Crippen LogP contribution in [0.4, 0.5) is 0 Å². The molecule has 2 heterocycles. The van der Waals surface area contributed by atoms with Crippen LogP contribution >= 0.6 is 23.1 Å². The zero-order valence-electron chi connectivity index (χ0n) is 15.5. The minimum Gasteiger partial charge on any atom is -0.302 e. The first-order valence-corrected chi connectivity index (χ1v) is 10.5. The highest BCUT2D eigenvalue weighted by Crippen LogP contribution is 2.28. The van der Waals surface area contributed by atoms with Gasteiger partial charge in [0, 0.05) is 12.1 Å².